The lowest BCUT2D eigenvalue weighted by atomic mass is 10.3. The zero-order chi connectivity index (χ0) is 10.3. The van der Waals surface area contributed by atoms with E-state index >= 15 is 0 Å². The summed E-state index contributed by atoms with van der Waals surface area (Å²) >= 11 is 0. The molecule has 0 unspecified atom stereocenters. The molecule has 0 rings (SSSR count). The number of amides is 1. The molecule has 4 nitrogen and oxygen atoms in total. The van der Waals surface area contributed by atoms with Gasteiger partial charge in [0.05, 0.1) is 7.11 Å². The van der Waals surface area contributed by atoms with Crippen LogP contribution < -0.4 is 5.32 Å². The summed E-state index contributed by atoms with van der Waals surface area (Å²) < 4.78 is 4.43. The Labute approximate surface area is 78.0 Å². The van der Waals surface area contributed by atoms with Crippen LogP contribution in [-0.4, -0.2) is 25.5 Å². The molecular weight excluding hydrogens is 170 g/mol. The van der Waals surface area contributed by atoms with Crippen molar-refractivity contribution in [3.63, 3.8) is 0 Å². The van der Waals surface area contributed by atoms with Crippen molar-refractivity contribution in [2.45, 2.75) is 20.3 Å². The molecule has 0 aromatic rings. The Bertz CT molecular complexity index is 221. The highest BCUT2D eigenvalue weighted by molar-refractivity contribution is 5.97. The molecule has 0 bridgehead atoms. The number of nitrogens with one attached hydrogen (secondary N) is 1. The molecule has 0 aliphatic rings. The lowest BCUT2D eigenvalue weighted by molar-refractivity contribution is -0.136. The van der Waals surface area contributed by atoms with Crippen LogP contribution in [-0.2, 0) is 14.3 Å². The molecule has 0 aliphatic carbocycles. The highest BCUT2D eigenvalue weighted by Crippen LogP contribution is 1.94. The summed E-state index contributed by atoms with van der Waals surface area (Å²) in [7, 11) is 1.28. The quantitative estimate of drug-likeness (QED) is 0.516. The molecule has 1 N–H and O–H groups in total. The summed E-state index contributed by atoms with van der Waals surface area (Å²) in [5, 5.41) is 2.62. The number of methoxy groups -OCH3 is 1. The monoisotopic (exact) mass is 185 g/mol. The van der Waals surface area contributed by atoms with Crippen molar-refractivity contribution in [1.29, 1.82) is 0 Å². The van der Waals surface area contributed by atoms with Gasteiger partial charge in [-0.2, -0.15) is 0 Å². The van der Waals surface area contributed by atoms with E-state index in [9.17, 15) is 9.59 Å². The molecule has 0 aromatic carbocycles. The number of hydrogen-bond acceptors (Lipinski definition) is 3. The molecule has 0 heterocycles. The van der Waals surface area contributed by atoms with Crippen molar-refractivity contribution in [1.82, 2.24) is 5.32 Å². The molecule has 0 radical (unpaired) electrons. The van der Waals surface area contributed by atoms with Crippen molar-refractivity contribution in [3.8, 4) is 0 Å². The van der Waals surface area contributed by atoms with E-state index in [2.05, 4.69) is 10.1 Å². The molecule has 0 saturated carbocycles. The molecule has 13 heavy (non-hydrogen) atoms. The minimum atomic E-state index is -0.480. The maximum atomic E-state index is 11.0. The average molecular weight is 185 g/mol. The van der Waals surface area contributed by atoms with E-state index in [1.165, 1.54) is 20.1 Å². The maximum absolute atomic E-state index is 11.0. The van der Waals surface area contributed by atoms with E-state index in [0.717, 1.165) is 6.42 Å². The minimum absolute atomic E-state index is 0.259. The van der Waals surface area contributed by atoms with Gasteiger partial charge in [0, 0.05) is 18.2 Å². The van der Waals surface area contributed by atoms with Gasteiger partial charge < -0.3 is 10.1 Å². The second kappa shape index (κ2) is 6.22. The number of hydrogen-bond donors (Lipinski definition) is 1. The van der Waals surface area contributed by atoms with Crippen LogP contribution in [0.15, 0.2) is 11.6 Å². The molecule has 0 aromatic heterocycles. The predicted molar refractivity (Wildman–Crippen MR) is 49.1 cm³/mol. The maximum Gasteiger partial charge on any atom is 0.333 e. The SMILES string of the molecule is CCCNC(=O)/C=C(/C)C(=O)OC. The van der Waals surface area contributed by atoms with Crippen LogP contribution in [0, 0.1) is 0 Å². The summed E-state index contributed by atoms with van der Waals surface area (Å²) in [5.74, 6) is -0.739. The molecule has 1 amide bonds. The average Bonchev–Trinajstić information content (AvgIpc) is 2.13. The van der Waals surface area contributed by atoms with Gasteiger partial charge in [-0.05, 0) is 13.3 Å². The summed E-state index contributed by atoms with van der Waals surface area (Å²) in [6.45, 7) is 4.11. The lowest BCUT2D eigenvalue weighted by Crippen LogP contribution is -2.22. The van der Waals surface area contributed by atoms with Crippen LogP contribution in [0.1, 0.15) is 20.3 Å². The van der Waals surface area contributed by atoms with E-state index in [-0.39, 0.29) is 5.91 Å². The van der Waals surface area contributed by atoms with Crippen LogP contribution in [0.5, 0.6) is 0 Å². The first-order valence-electron chi connectivity index (χ1n) is 4.16. The number of carbonyl (C=O) groups is 2. The second-order valence-corrected chi connectivity index (χ2v) is 2.61. The highest BCUT2D eigenvalue weighted by atomic mass is 16.5. The van der Waals surface area contributed by atoms with Crippen molar-refractivity contribution in [3.05, 3.63) is 11.6 Å². The van der Waals surface area contributed by atoms with Crippen molar-refractivity contribution >= 4 is 11.9 Å². The van der Waals surface area contributed by atoms with Gasteiger partial charge in [-0.15, -0.1) is 0 Å². The summed E-state index contributed by atoms with van der Waals surface area (Å²) in [6.07, 6.45) is 2.11. The number of rotatable bonds is 4. The van der Waals surface area contributed by atoms with E-state index in [1.807, 2.05) is 6.92 Å². The van der Waals surface area contributed by atoms with E-state index in [0.29, 0.717) is 12.1 Å². The smallest absolute Gasteiger partial charge is 0.333 e. The topological polar surface area (TPSA) is 55.4 Å². The number of carbonyl (C=O) groups excluding carboxylic acids is 2. The van der Waals surface area contributed by atoms with Gasteiger partial charge in [0.15, 0.2) is 0 Å². The third kappa shape index (κ3) is 5.00. The van der Waals surface area contributed by atoms with Gasteiger partial charge in [0.1, 0.15) is 0 Å². The summed E-state index contributed by atoms with van der Waals surface area (Å²) in [5.41, 5.74) is 0.302. The van der Waals surface area contributed by atoms with Crippen molar-refractivity contribution in [2.24, 2.45) is 0 Å². The molecule has 0 fully saturated rings. The summed E-state index contributed by atoms with van der Waals surface area (Å²) in [4.78, 5) is 21.9. The molecule has 0 spiro atoms. The third-order valence-corrected chi connectivity index (χ3v) is 1.40. The predicted octanol–water partition coefficient (Wildman–Crippen LogP) is 0.632. The fourth-order valence-electron chi connectivity index (χ4n) is 0.716. The van der Waals surface area contributed by atoms with Gasteiger partial charge in [-0.1, -0.05) is 6.92 Å². The Morgan fingerprint density at radius 2 is 2.08 bits per heavy atom. The first-order valence-corrected chi connectivity index (χ1v) is 4.16. The largest absolute Gasteiger partial charge is 0.466 e. The Kier molecular flexibility index (Phi) is 5.59. The molecule has 0 atom stereocenters. The Morgan fingerprint density at radius 3 is 2.54 bits per heavy atom. The summed E-state index contributed by atoms with van der Waals surface area (Å²) in [6, 6.07) is 0. The lowest BCUT2D eigenvalue weighted by Gasteiger charge is -2.00. The van der Waals surface area contributed by atoms with Crippen LogP contribution in [0.4, 0.5) is 0 Å². The van der Waals surface area contributed by atoms with Gasteiger partial charge in [-0.3, -0.25) is 4.79 Å². The molecule has 0 aliphatic heterocycles. The van der Waals surface area contributed by atoms with Crippen LogP contribution in [0.3, 0.4) is 0 Å². The van der Waals surface area contributed by atoms with Gasteiger partial charge >= 0.3 is 5.97 Å². The van der Waals surface area contributed by atoms with E-state index < -0.39 is 5.97 Å². The molecule has 0 saturated heterocycles. The van der Waals surface area contributed by atoms with Gasteiger partial charge in [0.25, 0.3) is 0 Å². The Balaban J connectivity index is 4.06. The normalized spacial score (nSPS) is 10.8. The van der Waals surface area contributed by atoms with E-state index in [4.69, 9.17) is 0 Å². The molecule has 4 heteroatoms. The highest BCUT2D eigenvalue weighted by Gasteiger charge is 2.04. The van der Waals surface area contributed by atoms with Crippen LogP contribution >= 0.6 is 0 Å². The standard InChI is InChI=1S/C9H15NO3/c1-4-5-10-8(11)6-7(2)9(12)13-3/h6H,4-5H2,1-3H3,(H,10,11)/b7-6-. The first kappa shape index (κ1) is 11.7. The zero-order valence-electron chi connectivity index (χ0n) is 8.22. The van der Waals surface area contributed by atoms with Crippen molar-refractivity contribution < 1.29 is 14.3 Å². The van der Waals surface area contributed by atoms with Gasteiger partial charge in [-0.25, -0.2) is 4.79 Å². The fraction of sp³-hybridized carbons (Fsp3) is 0.556. The second-order valence-electron chi connectivity index (χ2n) is 2.61. The Hall–Kier alpha value is -1.32. The molecule has 74 valence electrons. The van der Waals surface area contributed by atoms with E-state index in [1.54, 1.807) is 0 Å². The van der Waals surface area contributed by atoms with Crippen LogP contribution in [0.25, 0.3) is 0 Å². The van der Waals surface area contributed by atoms with Gasteiger partial charge in [0.2, 0.25) is 5.91 Å². The minimum Gasteiger partial charge on any atom is -0.466 e. The molecular formula is C9H15NO3. The third-order valence-electron chi connectivity index (χ3n) is 1.40. The number of esters is 1. The Morgan fingerprint density at radius 1 is 1.46 bits per heavy atom. The first-order chi connectivity index (χ1) is 6.11. The fourth-order valence-corrected chi connectivity index (χ4v) is 0.716. The van der Waals surface area contributed by atoms with Crippen molar-refractivity contribution in [2.75, 3.05) is 13.7 Å². The number of ether oxygens (including phenoxy) is 1. The van der Waals surface area contributed by atoms with Crippen LogP contribution in [0.2, 0.25) is 0 Å². The zero-order valence-corrected chi connectivity index (χ0v) is 8.22.